The Labute approximate surface area is 103 Å². The van der Waals surface area contributed by atoms with Gasteiger partial charge in [0.05, 0.1) is 0 Å². The van der Waals surface area contributed by atoms with Gasteiger partial charge in [0.1, 0.15) is 12.1 Å². The molecule has 0 saturated heterocycles. The molecule has 0 bridgehead atoms. The maximum absolute atomic E-state index is 9.48. The van der Waals surface area contributed by atoms with Crippen LogP contribution in [0.25, 0.3) is 22.5 Å². The largest absolute Gasteiger partial charge is 0.508 e. The van der Waals surface area contributed by atoms with Crippen molar-refractivity contribution in [1.82, 2.24) is 20.2 Å². The molecule has 2 heterocycles. The summed E-state index contributed by atoms with van der Waals surface area (Å²) in [5, 5.41) is 16.1. The number of phenolic OH excluding ortho intramolecular Hbond substituents is 1. The zero-order valence-corrected chi connectivity index (χ0v) is 9.41. The number of hydrogen-bond donors (Lipinski definition) is 2. The molecule has 2 N–H and O–H groups in total. The molecule has 0 atom stereocenters. The summed E-state index contributed by atoms with van der Waals surface area (Å²) in [5.74, 6) is 0.905. The molecule has 0 aliphatic carbocycles. The van der Waals surface area contributed by atoms with Crippen molar-refractivity contribution < 1.29 is 5.11 Å². The number of hydrogen-bond acceptors (Lipinski definition) is 4. The molecule has 0 aliphatic rings. The van der Waals surface area contributed by atoms with Crippen LogP contribution in [0.5, 0.6) is 5.75 Å². The van der Waals surface area contributed by atoms with Crippen molar-refractivity contribution in [2.75, 3.05) is 0 Å². The molecule has 0 aliphatic heterocycles. The van der Waals surface area contributed by atoms with E-state index in [-0.39, 0.29) is 5.75 Å². The minimum Gasteiger partial charge on any atom is -0.508 e. The molecule has 3 aromatic rings. The summed E-state index contributed by atoms with van der Waals surface area (Å²) in [6.45, 7) is 0. The Bertz CT molecular complexity index is 664. The number of H-pyrrole nitrogens is 1. The van der Waals surface area contributed by atoms with Crippen LogP contribution in [-0.2, 0) is 0 Å². The lowest BCUT2D eigenvalue weighted by Gasteiger charge is -2.03. The normalized spacial score (nSPS) is 10.4. The minimum absolute atomic E-state index is 0.234. The standard InChI is InChI=1S/C13H10N4O/c18-12-3-1-2-9(5-12)10-4-11(7-14-6-10)13-15-8-16-17-13/h1-8,18H,(H,15,16,17). The zero-order chi connectivity index (χ0) is 12.4. The molecule has 0 fully saturated rings. The van der Waals surface area contributed by atoms with Crippen molar-refractivity contribution in [1.29, 1.82) is 0 Å². The molecular formula is C13H10N4O. The van der Waals surface area contributed by atoms with Crippen molar-refractivity contribution in [3.63, 3.8) is 0 Å². The number of phenols is 1. The SMILES string of the molecule is Oc1cccc(-c2cncc(-c3ncn[nH]3)c2)c1. The van der Waals surface area contributed by atoms with Gasteiger partial charge in [0.2, 0.25) is 0 Å². The zero-order valence-electron chi connectivity index (χ0n) is 9.41. The summed E-state index contributed by atoms with van der Waals surface area (Å²) < 4.78 is 0. The summed E-state index contributed by atoms with van der Waals surface area (Å²) in [4.78, 5) is 8.26. The molecule has 5 heteroatoms. The lowest BCUT2D eigenvalue weighted by molar-refractivity contribution is 0.475. The van der Waals surface area contributed by atoms with Gasteiger partial charge < -0.3 is 5.11 Å². The molecule has 2 aromatic heterocycles. The van der Waals surface area contributed by atoms with Gasteiger partial charge in [0, 0.05) is 23.5 Å². The van der Waals surface area contributed by atoms with Crippen LogP contribution in [0.4, 0.5) is 0 Å². The highest BCUT2D eigenvalue weighted by Gasteiger charge is 2.04. The maximum Gasteiger partial charge on any atom is 0.157 e. The Balaban J connectivity index is 2.06. The monoisotopic (exact) mass is 238 g/mol. The molecular weight excluding hydrogens is 228 g/mol. The third-order valence-electron chi connectivity index (χ3n) is 2.61. The van der Waals surface area contributed by atoms with E-state index in [1.54, 1.807) is 30.6 Å². The van der Waals surface area contributed by atoms with Crippen molar-refractivity contribution in [3.8, 4) is 28.3 Å². The van der Waals surface area contributed by atoms with Crippen LogP contribution in [-0.4, -0.2) is 25.3 Å². The fourth-order valence-electron chi connectivity index (χ4n) is 1.76. The number of benzene rings is 1. The molecule has 0 amide bonds. The highest BCUT2D eigenvalue weighted by atomic mass is 16.3. The van der Waals surface area contributed by atoms with Crippen LogP contribution in [0.3, 0.4) is 0 Å². The maximum atomic E-state index is 9.48. The van der Waals surface area contributed by atoms with Crippen LogP contribution < -0.4 is 0 Å². The molecule has 18 heavy (non-hydrogen) atoms. The average Bonchev–Trinajstić information content (AvgIpc) is 2.93. The molecule has 1 aromatic carbocycles. The average molecular weight is 238 g/mol. The van der Waals surface area contributed by atoms with E-state index < -0.39 is 0 Å². The first kappa shape index (κ1) is 10.5. The lowest BCUT2D eigenvalue weighted by atomic mass is 10.1. The highest BCUT2D eigenvalue weighted by molar-refractivity contribution is 5.69. The van der Waals surface area contributed by atoms with Gasteiger partial charge in [-0.2, -0.15) is 5.10 Å². The predicted molar refractivity (Wildman–Crippen MR) is 66.7 cm³/mol. The van der Waals surface area contributed by atoms with Gasteiger partial charge in [-0.3, -0.25) is 10.1 Å². The van der Waals surface area contributed by atoms with E-state index in [0.717, 1.165) is 16.7 Å². The first-order valence-electron chi connectivity index (χ1n) is 5.43. The van der Waals surface area contributed by atoms with E-state index in [9.17, 15) is 5.11 Å². The number of aromatic amines is 1. The fourth-order valence-corrected chi connectivity index (χ4v) is 1.76. The van der Waals surface area contributed by atoms with Gasteiger partial charge in [0.25, 0.3) is 0 Å². The van der Waals surface area contributed by atoms with Crippen LogP contribution in [0.2, 0.25) is 0 Å². The first-order chi connectivity index (χ1) is 8.83. The lowest BCUT2D eigenvalue weighted by Crippen LogP contribution is -1.85. The number of aromatic hydroxyl groups is 1. The second kappa shape index (κ2) is 4.29. The Kier molecular flexibility index (Phi) is 2.49. The molecule has 0 unspecified atom stereocenters. The number of nitrogens with one attached hydrogen (secondary N) is 1. The van der Waals surface area contributed by atoms with Gasteiger partial charge in [-0.25, -0.2) is 4.98 Å². The van der Waals surface area contributed by atoms with Crippen molar-refractivity contribution >= 4 is 0 Å². The minimum atomic E-state index is 0.234. The highest BCUT2D eigenvalue weighted by Crippen LogP contribution is 2.25. The Morgan fingerprint density at radius 2 is 1.89 bits per heavy atom. The summed E-state index contributed by atoms with van der Waals surface area (Å²) in [7, 11) is 0. The van der Waals surface area contributed by atoms with E-state index in [2.05, 4.69) is 20.2 Å². The van der Waals surface area contributed by atoms with E-state index >= 15 is 0 Å². The van der Waals surface area contributed by atoms with Gasteiger partial charge in [-0.05, 0) is 23.8 Å². The van der Waals surface area contributed by atoms with Gasteiger partial charge in [0.15, 0.2) is 5.82 Å². The molecule has 3 rings (SSSR count). The van der Waals surface area contributed by atoms with Gasteiger partial charge in [-0.15, -0.1) is 0 Å². The van der Waals surface area contributed by atoms with Gasteiger partial charge in [-0.1, -0.05) is 12.1 Å². The molecule has 0 radical (unpaired) electrons. The third kappa shape index (κ3) is 1.93. The molecule has 88 valence electrons. The summed E-state index contributed by atoms with van der Waals surface area (Å²) in [6, 6.07) is 8.99. The summed E-state index contributed by atoms with van der Waals surface area (Å²) in [5.41, 5.74) is 2.68. The summed E-state index contributed by atoms with van der Waals surface area (Å²) >= 11 is 0. The molecule has 0 spiro atoms. The third-order valence-corrected chi connectivity index (χ3v) is 2.61. The fraction of sp³-hybridized carbons (Fsp3) is 0. The Morgan fingerprint density at radius 1 is 1.00 bits per heavy atom. The van der Waals surface area contributed by atoms with Crippen LogP contribution >= 0.6 is 0 Å². The quantitative estimate of drug-likeness (QED) is 0.718. The van der Waals surface area contributed by atoms with Crippen molar-refractivity contribution in [3.05, 3.63) is 49.1 Å². The number of aromatic nitrogens is 4. The van der Waals surface area contributed by atoms with E-state index in [0.29, 0.717) is 5.82 Å². The van der Waals surface area contributed by atoms with E-state index in [4.69, 9.17) is 0 Å². The number of nitrogens with zero attached hydrogens (tertiary/aromatic N) is 3. The number of pyridine rings is 1. The van der Waals surface area contributed by atoms with E-state index in [1.807, 2.05) is 12.1 Å². The molecule has 5 nitrogen and oxygen atoms in total. The first-order valence-corrected chi connectivity index (χ1v) is 5.43. The van der Waals surface area contributed by atoms with Crippen LogP contribution in [0, 0.1) is 0 Å². The van der Waals surface area contributed by atoms with Crippen molar-refractivity contribution in [2.45, 2.75) is 0 Å². The topological polar surface area (TPSA) is 74.7 Å². The Hall–Kier alpha value is -2.69. The van der Waals surface area contributed by atoms with E-state index in [1.165, 1.54) is 6.33 Å². The number of rotatable bonds is 2. The predicted octanol–water partition coefficient (Wildman–Crippen LogP) is 2.24. The smallest absolute Gasteiger partial charge is 0.157 e. The van der Waals surface area contributed by atoms with Crippen LogP contribution in [0.15, 0.2) is 49.1 Å². The van der Waals surface area contributed by atoms with Crippen LogP contribution in [0.1, 0.15) is 0 Å². The second-order valence-electron chi connectivity index (χ2n) is 3.85. The van der Waals surface area contributed by atoms with Crippen molar-refractivity contribution in [2.24, 2.45) is 0 Å². The molecule has 0 saturated carbocycles. The summed E-state index contributed by atoms with van der Waals surface area (Å²) in [6.07, 6.45) is 4.91. The van der Waals surface area contributed by atoms with Gasteiger partial charge >= 0.3 is 0 Å². The second-order valence-corrected chi connectivity index (χ2v) is 3.85. The Morgan fingerprint density at radius 3 is 2.67 bits per heavy atom.